The Morgan fingerprint density at radius 1 is 1.05 bits per heavy atom. The number of carbonyl (C=O) groups excluding carboxylic acids is 1. The molecule has 0 spiro atoms. The van der Waals surface area contributed by atoms with Gasteiger partial charge in [0.1, 0.15) is 5.54 Å². The standard InChI is InChI=1S/C18H33NO2/c1-3-15-11-13-18(14-12-15,17(20)21-4-2)19-16-9-7-5-6-8-10-16/h15-16,19H,3-14H2,1-2H3. The molecule has 0 aromatic heterocycles. The van der Waals surface area contributed by atoms with Gasteiger partial charge in [0.05, 0.1) is 6.61 Å². The molecule has 122 valence electrons. The summed E-state index contributed by atoms with van der Waals surface area (Å²) in [7, 11) is 0. The highest BCUT2D eigenvalue weighted by Gasteiger charge is 2.43. The van der Waals surface area contributed by atoms with E-state index in [1.165, 1.54) is 44.9 Å². The van der Waals surface area contributed by atoms with E-state index in [0.717, 1.165) is 31.6 Å². The Morgan fingerprint density at radius 2 is 1.67 bits per heavy atom. The van der Waals surface area contributed by atoms with Crippen LogP contribution < -0.4 is 5.32 Å². The average molecular weight is 295 g/mol. The molecule has 0 aliphatic heterocycles. The van der Waals surface area contributed by atoms with Crippen LogP contribution in [0.15, 0.2) is 0 Å². The van der Waals surface area contributed by atoms with Crippen molar-refractivity contribution in [1.82, 2.24) is 5.32 Å². The van der Waals surface area contributed by atoms with Crippen LogP contribution in [0.2, 0.25) is 0 Å². The Hall–Kier alpha value is -0.570. The van der Waals surface area contributed by atoms with Crippen LogP contribution in [0.4, 0.5) is 0 Å². The number of carbonyl (C=O) groups is 1. The number of nitrogens with one attached hydrogen (secondary N) is 1. The Balaban J connectivity index is 2.02. The van der Waals surface area contributed by atoms with Gasteiger partial charge < -0.3 is 4.74 Å². The number of ether oxygens (including phenoxy) is 1. The smallest absolute Gasteiger partial charge is 0.326 e. The van der Waals surface area contributed by atoms with Gasteiger partial charge in [0, 0.05) is 6.04 Å². The second-order valence-electron chi connectivity index (χ2n) is 6.99. The van der Waals surface area contributed by atoms with Gasteiger partial charge in [-0.25, -0.2) is 0 Å². The molecule has 0 saturated heterocycles. The highest BCUT2D eigenvalue weighted by atomic mass is 16.5. The molecule has 0 aromatic carbocycles. The molecule has 0 radical (unpaired) electrons. The van der Waals surface area contributed by atoms with E-state index in [9.17, 15) is 4.79 Å². The van der Waals surface area contributed by atoms with Crippen molar-refractivity contribution in [2.75, 3.05) is 6.61 Å². The van der Waals surface area contributed by atoms with Crippen molar-refractivity contribution in [3.8, 4) is 0 Å². The highest BCUT2D eigenvalue weighted by Crippen LogP contribution is 2.36. The van der Waals surface area contributed by atoms with E-state index in [-0.39, 0.29) is 5.97 Å². The fourth-order valence-corrected chi connectivity index (χ4v) is 4.07. The zero-order chi connectivity index (χ0) is 15.1. The van der Waals surface area contributed by atoms with Gasteiger partial charge >= 0.3 is 5.97 Å². The van der Waals surface area contributed by atoms with Gasteiger partial charge in [0.2, 0.25) is 0 Å². The second-order valence-corrected chi connectivity index (χ2v) is 6.99. The minimum atomic E-state index is -0.392. The zero-order valence-electron chi connectivity index (χ0n) is 14.0. The number of hydrogen-bond donors (Lipinski definition) is 1. The Bertz CT molecular complexity index is 313. The Kier molecular flexibility index (Phi) is 6.53. The lowest BCUT2D eigenvalue weighted by molar-refractivity contribution is -0.153. The average Bonchev–Trinajstić information content (AvgIpc) is 2.77. The van der Waals surface area contributed by atoms with Crippen LogP contribution in [0.5, 0.6) is 0 Å². The van der Waals surface area contributed by atoms with Crippen molar-refractivity contribution in [2.24, 2.45) is 5.92 Å². The van der Waals surface area contributed by atoms with E-state index < -0.39 is 5.54 Å². The van der Waals surface area contributed by atoms with Gasteiger partial charge in [-0.2, -0.15) is 0 Å². The minimum absolute atomic E-state index is 0.00352. The third kappa shape index (κ3) is 4.45. The SMILES string of the molecule is CCOC(=O)C1(NC2CCCCCC2)CCC(CC)CC1. The molecule has 0 unspecified atom stereocenters. The molecule has 0 heterocycles. The molecule has 3 heteroatoms. The second kappa shape index (κ2) is 8.17. The molecule has 2 rings (SSSR count). The van der Waals surface area contributed by atoms with Crippen LogP contribution >= 0.6 is 0 Å². The third-order valence-corrected chi connectivity index (χ3v) is 5.54. The molecule has 0 bridgehead atoms. The largest absolute Gasteiger partial charge is 0.465 e. The lowest BCUT2D eigenvalue weighted by Crippen LogP contribution is -2.58. The molecular formula is C18H33NO2. The first-order valence-electron chi connectivity index (χ1n) is 9.15. The van der Waals surface area contributed by atoms with Gasteiger partial charge in [0.15, 0.2) is 0 Å². The summed E-state index contributed by atoms with van der Waals surface area (Å²) in [5, 5.41) is 3.77. The van der Waals surface area contributed by atoms with E-state index in [2.05, 4.69) is 12.2 Å². The molecule has 0 amide bonds. The summed E-state index contributed by atoms with van der Waals surface area (Å²) >= 11 is 0. The van der Waals surface area contributed by atoms with Crippen molar-refractivity contribution in [1.29, 1.82) is 0 Å². The van der Waals surface area contributed by atoms with Crippen molar-refractivity contribution in [3.05, 3.63) is 0 Å². The highest BCUT2D eigenvalue weighted by molar-refractivity contribution is 5.81. The molecule has 0 atom stereocenters. The Morgan fingerprint density at radius 3 is 2.19 bits per heavy atom. The lowest BCUT2D eigenvalue weighted by atomic mass is 9.75. The fraction of sp³-hybridized carbons (Fsp3) is 0.944. The van der Waals surface area contributed by atoms with Crippen LogP contribution in [0.25, 0.3) is 0 Å². The van der Waals surface area contributed by atoms with Crippen molar-refractivity contribution >= 4 is 5.97 Å². The lowest BCUT2D eigenvalue weighted by Gasteiger charge is -2.41. The number of rotatable bonds is 5. The molecule has 2 fully saturated rings. The molecule has 3 nitrogen and oxygen atoms in total. The predicted octanol–water partition coefficient (Wildman–Crippen LogP) is 4.20. The summed E-state index contributed by atoms with van der Waals surface area (Å²) in [6.07, 6.45) is 13.2. The van der Waals surface area contributed by atoms with Crippen LogP contribution in [0.3, 0.4) is 0 Å². The summed E-state index contributed by atoms with van der Waals surface area (Å²) in [5.74, 6) is 0.798. The van der Waals surface area contributed by atoms with E-state index in [1.54, 1.807) is 0 Å². The van der Waals surface area contributed by atoms with E-state index in [4.69, 9.17) is 4.74 Å². The van der Waals surface area contributed by atoms with E-state index in [1.807, 2.05) is 6.92 Å². The van der Waals surface area contributed by atoms with Gasteiger partial charge in [-0.05, 0) is 51.4 Å². The van der Waals surface area contributed by atoms with Crippen LogP contribution in [-0.4, -0.2) is 24.2 Å². The third-order valence-electron chi connectivity index (χ3n) is 5.54. The molecule has 21 heavy (non-hydrogen) atoms. The van der Waals surface area contributed by atoms with Gasteiger partial charge in [0.25, 0.3) is 0 Å². The first-order valence-corrected chi connectivity index (χ1v) is 9.15. The summed E-state index contributed by atoms with van der Waals surface area (Å²) in [6, 6.07) is 0.509. The number of hydrogen-bond acceptors (Lipinski definition) is 3. The normalized spacial score (nSPS) is 31.6. The van der Waals surface area contributed by atoms with E-state index >= 15 is 0 Å². The summed E-state index contributed by atoms with van der Waals surface area (Å²) in [6.45, 7) is 4.67. The van der Waals surface area contributed by atoms with Crippen molar-refractivity contribution in [3.63, 3.8) is 0 Å². The van der Waals surface area contributed by atoms with Crippen molar-refractivity contribution in [2.45, 2.75) is 96.1 Å². The van der Waals surface area contributed by atoms with Crippen molar-refractivity contribution < 1.29 is 9.53 Å². The Labute approximate surface area is 130 Å². The molecule has 2 aliphatic carbocycles. The molecule has 1 N–H and O–H groups in total. The zero-order valence-corrected chi connectivity index (χ0v) is 14.0. The monoisotopic (exact) mass is 295 g/mol. The van der Waals surface area contributed by atoms with Crippen LogP contribution in [0, 0.1) is 5.92 Å². The maximum Gasteiger partial charge on any atom is 0.326 e. The first kappa shape index (κ1) is 16.8. The molecule has 2 saturated carbocycles. The first-order chi connectivity index (χ1) is 10.2. The summed E-state index contributed by atoms with van der Waals surface area (Å²) in [5.41, 5.74) is -0.392. The summed E-state index contributed by atoms with van der Waals surface area (Å²) < 4.78 is 5.42. The molecule has 0 aromatic rings. The summed E-state index contributed by atoms with van der Waals surface area (Å²) in [4.78, 5) is 12.6. The maximum absolute atomic E-state index is 12.6. The van der Waals surface area contributed by atoms with E-state index in [0.29, 0.717) is 12.6 Å². The maximum atomic E-state index is 12.6. The fourth-order valence-electron chi connectivity index (χ4n) is 4.07. The topological polar surface area (TPSA) is 38.3 Å². The molecule has 2 aliphatic rings. The van der Waals surface area contributed by atoms with Gasteiger partial charge in [-0.3, -0.25) is 10.1 Å². The van der Waals surface area contributed by atoms with Crippen LogP contribution in [-0.2, 0) is 9.53 Å². The van der Waals surface area contributed by atoms with Gasteiger partial charge in [-0.1, -0.05) is 39.0 Å². The quantitative estimate of drug-likeness (QED) is 0.610. The molecular weight excluding hydrogens is 262 g/mol. The van der Waals surface area contributed by atoms with Gasteiger partial charge in [-0.15, -0.1) is 0 Å². The number of esters is 1. The van der Waals surface area contributed by atoms with Crippen LogP contribution in [0.1, 0.15) is 84.5 Å². The predicted molar refractivity (Wildman–Crippen MR) is 86.2 cm³/mol. The minimum Gasteiger partial charge on any atom is -0.465 e.